The molecule has 0 unspecified atom stereocenters. The maximum absolute atomic E-state index is 4.46. The minimum absolute atomic E-state index is 0.552. The number of aromatic nitrogens is 2. The van der Waals surface area contributed by atoms with Crippen LogP contribution in [0.5, 0.6) is 0 Å². The van der Waals surface area contributed by atoms with Crippen molar-refractivity contribution in [1.29, 1.82) is 0 Å². The smallest absolute Gasteiger partial charge is 0.137 e. The van der Waals surface area contributed by atoms with Gasteiger partial charge in [0, 0.05) is 21.9 Å². The van der Waals surface area contributed by atoms with Gasteiger partial charge in [-0.3, -0.25) is 0 Å². The van der Waals surface area contributed by atoms with E-state index in [1.807, 2.05) is 37.9 Å². The van der Waals surface area contributed by atoms with E-state index in [1.54, 1.807) is 0 Å². The van der Waals surface area contributed by atoms with E-state index in [9.17, 15) is 0 Å². The average molecular weight is 273 g/mol. The number of anilines is 2. The van der Waals surface area contributed by atoms with Crippen molar-refractivity contribution in [3.05, 3.63) is 41.9 Å². The maximum Gasteiger partial charge on any atom is 0.137 e. The lowest BCUT2D eigenvalue weighted by Gasteiger charge is -2.14. The Bertz CT molecular complexity index is 567. The Morgan fingerprint density at radius 2 is 1.89 bits per heavy atom. The second kappa shape index (κ2) is 6.06. The van der Waals surface area contributed by atoms with E-state index in [4.69, 9.17) is 0 Å². The molecule has 0 radical (unpaired) electrons. The minimum Gasteiger partial charge on any atom is -0.339 e. The molecular formula is C15H19N3S. The molecule has 0 aliphatic rings. The molecule has 0 atom stereocenters. The molecule has 0 aliphatic heterocycles. The van der Waals surface area contributed by atoms with Crippen LogP contribution in [0, 0.1) is 13.8 Å². The molecule has 19 heavy (non-hydrogen) atoms. The van der Waals surface area contributed by atoms with Gasteiger partial charge in [-0.1, -0.05) is 26.0 Å². The van der Waals surface area contributed by atoms with E-state index in [-0.39, 0.29) is 0 Å². The molecule has 0 fully saturated rings. The summed E-state index contributed by atoms with van der Waals surface area (Å²) < 4.78 is 0. The summed E-state index contributed by atoms with van der Waals surface area (Å²) in [5.74, 6) is 1.66. The zero-order chi connectivity index (χ0) is 13.8. The Morgan fingerprint density at radius 1 is 1.16 bits per heavy atom. The minimum atomic E-state index is 0.552. The van der Waals surface area contributed by atoms with Crippen molar-refractivity contribution in [2.75, 3.05) is 5.32 Å². The van der Waals surface area contributed by atoms with E-state index in [0.29, 0.717) is 5.25 Å². The van der Waals surface area contributed by atoms with Gasteiger partial charge >= 0.3 is 0 Å². The second-order valence-corrected chi connectivity index (χ2v) is 6.35. The fraction of sp³-hybridized carbons (Fsp3) is 0.333. The summed E-state index contributed by atoms with van der Waals surface area (Å²) in [6.45, 7) is 8.31. The van der Waals surface area contributed by atoms with Crippen LogP contribution in [-0.2, 0) is 0 Å². The highest BCUT2D eigenvalue weighted by Crippen LogP contribution is 2.32. The van der Waals surface area contributed by atoms with Gasteiger partial charge in [-0.25, -0.2) is 9.97 Å². The van der Waals surface area contributed by atoms with Crippen LogP contribution in [-0.4, -0.2) is 15.2 Å². The number of rotatable bonds is 4. The fourth-order valence-corrected chi connectivity index (χ4v) is 2.62. The normalized spacial score (nSPS) is 10.8. The molecule has 4 heteroatoms. The van der Waals surface area contributed by atoms with Crippen molar-refractivity contribution in [3.8, 4) is 0 Å². The lowest BCUT2D eigenvalue weighted by molar-refractivity contribution is 1.03. The molecule has 3 nitrogen and oxygen atoms in total. The van der Waals surface area contributed by atoms with Crippen LogP contribution < -0.4 is 5.32 Å². The molecule has 0 saturated carbocycles. The van der Waals surface area contributed by atoms with Crippen LogP contribution in [0.25, 0.3) is 0 Å². The molecular weight excluding hydrogens is 254 g/mol. The van der Waals surface area contributed by atoms with E-state index >= 15 is 0 Å². The molecule has 1 N–H and O–H groups in total. The first kappa shape index (κ1) is 13.9. The van der Waals surface area contributed by atoms with E-state index < -0.39 is 0 Å². The molecule has 1 aromatic carbocycles. The van der Waals surface area contributed by atoms with Gasteiger partial charge in [0.1, 0.15) is 11.6 Å². The number of hydrogen-bond acceptors (Lipinski definition) is 4. The van der Waals surface area contributed by atoms with Crippen molar-refractivity contribution in [2.24, 2.45) is 0 Å². The van der Waals surface area contributed by atoms with E-state index in [1.165, 1.54) is 4.90 Å². The van der Waals surface area contributed by atoms with Gasteiger partial charge in [0.25, 0.3) is 0 Å². The molecule has 2 aromatic rings. The van der Waals surface area contributed by atoms with Gasteiger partial charge in [-0.05, 0) is 26.0 Å². The number of thioether (sulfide) groups is 1. The molecule has 100 valence electrons. The van der Waals surface area contributed by atoms with Crippen LogP contribution in [0.3, 0.4) is 0 Å². The highest BCUT2D eigenvalue weighted by Gasteiger charge is 2.07. The summed E-state index contributed by atoms with van der Waals surface area (Å²) in [5, 5.41) is 3.97. The molecule has 0 spiro atoms. The lowest BCUT2D eigenvalue weighted by atomic mass is 10.3. The van der Waals surface area contributed by atoms with Crippen molar-refractivity contribution < 1.29 is 0 Å². The monoisotopic (exact) mass is 273 g/mol. The highest BCUT2D eigenvalue weighted by molar-refractivity contribution is 8.00. The zero-order valence-corrected chi connectivity index (χ0v) is 12.6. The molecule has 1 aromatic heterocycles. The molecule has 0 saturated heterocycles. The number of para-hydroxylation sites is 1. The van der Waals surface area contributed by atoms with Gasteiger partial charge in [0.2, 0.25) is 0 Å². The van der Waals surface area contributed by atoms with Crippen LogP contribution >= 0.6 is 11.8 Å². The van der Waals surface area contributed by atoms with Crippen molar-refractivity contribution in [1.82, 2.24) is 9.97 Å². The summed E-state index contributed by atoms with van der Waals surface area (Å²) in [7, 11) is 0. The third-order valence-electron chi connectivity index (χ3n) is 2.59. The lowest BCUT2D eigenvalue weighted by Crippen LogP contribution is -2.01. The van der Waals surface area contributed by atoms with Gasteiger partial charge in [0.05, 0.1) is 5.69 Å². The fourth-order valence-electron chi connectivity index (χ4n) is 1.71. The maximum atomic E-state index is 4.46. The number of benzene rings is 1. The van der Waals surface area contributed by atoms with E-state index in [0.717, 1.165) is 22.9 Å². The van der Waals surface area contributed by atoms with Crippen molar-refractivity contribution >= 4 is 23.3 Å². The number of nitrogens with zero attached hydrogens (tertiary/aromatic N) is 2. The van der Waals surface area contributed by atoms with Gasteiger partial charge in [-0.2, -0.15) is 0 Å². The first-order chi connectivity index (χ1) is 9.06. The van der Waals surface area contributed by atoms with Crippen LogP contribution in [0.4, 0.5) is 11.5 Å². The van der Waals surface area contributed by atoms with Gasteiger partial charge < -0.3 is 5.32 Å². The largest absolute Gasteiger partial charge is 0.339 e. The summed E-state index contributed by atoms with van der Waals surface area (Å²) in [6.07, 6.45) is 1.85. The average Bonchev–Trinajstić information content (AvgIpc) is 2.35. The Hall–Kier alpha value is -1.55. The SMILES string of the molecule is Cc1ncc(C)c(Nc2ccccc2SC(C)C)n1. The Labute approximate surface area is 118 Å². The molecule has 0 aliphatic carbocycles. The zero-order valence-electron chi connectivity index (χ0n) is 11.8. The van der Waals surface area contributed by atoms with E-state index in [2.05, 4.69) is 47.3 Å². The molecule has 0 bridgehead atoms. The topological polar surface area (TPSA) is 37.8 Å². The molecule has 2 rings (SSSR count). The van der Waals surface area contributed by atoms with Crippen LogP contribution in [0.1, 0.15) is 25.2 Å². The third-order valence-corrected chi connectivity index (χ3v) is 3.68. The van der Waals surface area contributed by atoms with Gasteiger partial charge in [-0.15, -0.1) is 11.8 Å². The summed E-state index contributed by atoms with van der Waals surface area (Å²) in [5.41, 5.74) is 2.15. The third kappa shape index (κ3) is 3.70. The summed E-state index contributed by atoms with van der Waals surface area (Å²) >= 11 is 1.85. The predicted molar refractivity (Wildman–Crippen MR) is 82.2 cm³/mol. The Kier molecular flexibility index (Phi) is 4.43. The Balaban J connectivity index is 2.30. The summed E-state index contributed by atoms with van der Waals surface area (Å²) in [4.78, 5) is 9.90. The Morgan fingerprint density at radius 3 is 2.63 bits per heavy atom. The standard InChI is InChI=1S/C15H19N3S/c1-10(2)19-14-8-6-5-7-13(14)18-15-11(3)9-16-12(4)17-15/h5-10H,1-4H3,(H,16,17,18). The van der Waals surface area contributed by atoms with Crippen molar-refractivity contribution in [3.63, 3.8) is 0 Å². The molecule has 0 amide bonds. The second-order valence-electron chi connectivity index (χ2n) is 4.74. The number of hydrogen-bond donors (Lipinski definition) is 1. The summed E-state index contributed by atoms with van der Waals surface area (Å²) in [6, 6.07) is 8.32. The number of nitrogens with one attached hydrogen (secondary N) is 1. The molecule has 1 heterocycles. The van der Waals surface area contributed by atoms with Crippen LogP contribution in [0.15, 0.2) is 35.4 Å². The van der Waals surface area contributed by atoms with Crippen molar-refractivity contribution in [2.45, 2.75) is 37.8 Å². The quantitative estimate of drug-likeness (QED) is 0.841. The van der Waals surface area contributed by atoms with Gasteiger partial charge in [0.15, 0.2) is 0 Å². The first-order valence-electron chi connectivity index (χ1n) is 6.39. The predicted octanol–water partition coefficient (Wildman–Crippen LogP) is 4.34. The van der Waals surface area contributed by atoms with Crippen LogP contribution in [0.2, 0.25) is 0 Å². The first-order valence-corrected chi connectivity index (χ1v) is 7.27. The number of aryl methyl sites for hydroxylation is 2. The highest BCUT2D eigenvalue weighted by atomic mass is 32.2.